The third kappa shape index (κ3) is 4.66. The third-order valence-corrected chi connectivity index (χ3v) is 3.80. The van der Waals surface area contributed by atoms with Crippen LogP contribution in [0, 0.1) is 0 Å². The third-order valence-electron chi connectivity index (χ3n) is 3.11. The molecule has 2 N–H and O–H groups in total. The van der Waals surface area contributed by atoms with Crippen LogP contribution in [0.3, 0.4) is 0 Å². The molecule has 0 fully saturated rings. The molecule has 6 heteroatoms. The van der Waals surface area contributed by atoms with E-state index in [-0.39, 0.29) is 24.7 Å². The van der Waals surface area contributed by atoms with E-state index in [1.54, 1.807) is 11.6 Å². The van der Waals surface area contributed by atoms with E-state index in [4.69, 9.17) is 0 Å². The van der Waals surface area contributed by atoms with Crippen molar-refractivity contribution in [3.05, 3.63) is 41.4 Å². The molecule has 0 unspecified atom stereocenters. The molecule has 0 aliphatic carbocycles. The Balaban J connectivity index is 1.84. The first-order valence-electron chi connectivity index (χ1n) is 7.14. The summed E-state index contributed by atoms with van der Waals surface area (Å²) in [5, 5.41) is 7.87. The summed E-state index contributed by atoms with van der Waals surface area (Å²) in [6.07, 6.45) is 1.90. The summed E-state index contributed by atoms with van der Waals surface area (Å²) in [7, 11) is 0. The number of rotatable bonds is 6. The van der Waals surface area contributed by atoms with Gasteiger partial charge in [0.05, 0.1) is 0 Å². The van der Waals surface area contributed by atoms with Crippen molar-refractivity contribution in [3.63, 3.8) is 0 Å². The number of nitrogens with zero attached hydrogens (tertiary/aromatic N) is 1. The Morgan fingerprint density at radius 2 is 1.82 bits per heavy atom. The van der Waals surface area contributed by atoms with Crippen molar-refractivity contribution >= 4 is 34.0 Å². The van der Waals surface area contributed by atoms with E-state index < -0.39 is 0 Å². The number of benzene rings is 1. The minimum absolute atomic E-state index is 0.134. The predicted octanol–water partition coefficient (Wildman–Crippen LogP) is 3.62. The second-order valence-corrected chi connectivity index (χ2v) is 6.07. The summed E-state index contributed by atoms with van der Waals surface area (Å²) in [6.45, 7) is 4.15. The zero-order valence-electron chi connectivity index (χ0n) is 12.6. The predicted molar refractivity (Wildman–Crippen MR) is 89.1 cm³/mol. The minimum atomic E-state index is -0.206. The number of nitrogens with one attached hydrogen (secondary N) is 2. The first-order chi connectivity index (χ1) is 10.6. The maximum absolute atomic E-state index is 12.0. The zero-order valence-corrected chi connectivity index (χ0v) is 13.4. The fourth-order valence-corrected chi connectivity index (χ4v) is 2.57. The van der Waals surface area contributed by atoms with Crippen molar-refractivity contribution in [2.24, 2.45) is 0 Å². The quantitative estimate of drug-likeness (QED) is 0.854. The van der Waals surface area contributed by atoms with Gasteiger partial charge in [0, 0.05) is 30.1 Å². The molecule has 0 aliphatic rings. The van der Waals surface area contributed by atoms with E-state index in [2.05, 4.69) is 29.5 Å². The van der Waals surface area contributed by atoms with Gasteiger partial charge in [-0.15, -0.1) is 11.3 Å². The minimum Gasteiger partial charge on any atom is -0.326 e. The highest BCUT2D eigenvalue weighted by molar-refractivity contribution is 7.13. The average Bonchev–Trinajstić information content (AvgIpc) is 2.98. The van der Waals surface area contributed by atoms with Gasteiger partial charge in [0.15, 0.2) is 5.13 Å². The van der Waals surface area contributed by atoms with Crippen molar-refractivity contribution in [3.8, 4) is 0 Å². The van der Waals surface area contributed by atoms with Crippen LogP contribution in [0.25, 0.3) is 0 Å². The van der Waals surface area contributed by atoms with Crippen LogP contribution in [0.2, 0.25) is 0 Å². The molecule has 22 heavy (non-hydrogen) atoms. The van der Waals surface area contributed by atoms with E-state index in [0.29, 0.717) is 11.0 Å². The van der Waals surface area contributed by atoms with Gasteiger partial charge in [0.2, 0.25) is 11.8 Å². The fraction of sp³-hybridized carbons (Fsp3) is 0.312. The van der Waals surface area contributed by atoms with Gasteiger partial charge in [-0.25, -0.2) is 4.98 Å². The summed E-state index contributed by atoms with van der Waals surface area (Å²) in [5.41, 5.74) is 1.89. The van der Waals surface area contributed by atoms with Crippen LogP contribution in [0.5, 0.6) is 0 Å². The maximum atomic E-state index is 12.0. The van der Waals surface area contributed by atoms with E-state index in [9.17, 15) is 9.59 Å². The molecule has 1 aromatic heterocycles. The highest BCUT2D eigenvalue weighted by Gasteiger charge is 2.11. The molecule has 2 amide bonds. The van der Waals surface area contributed by atoms with Gasteiger partial charge in [-0.2, -0.15) is 0 Å². The molecule has 1 heterocycles. The number of amides is 2. The zero-order chi connectivity index (χ0) is 15.9. The number of aromatic nitrogens is 1. The molecule has 0 aliphatic heterocycles. The molecule has 2 aromatic rings. The number of carbonyl (C=O) groups is 2. The molecule has 0 saturated carbocycles. The molecule has 2 rings (SSSR count). The van der Waals surface area contributed by atoms with Crippen molar-refractivity contribution in [2.45, 2.75) is 32.6 Å². The monoisotopic (exact) mass is 317 g/mol. The van der Waals surface area contributed by atoms with Crippen LogP contribution in [-0.4, -0.2) is 16.8 Å². The van der Waals surface area contributed by atoms with Gasteiger partial charge in [0.1, 0.15) is 0 Å². The first-order valence-corrected chi connectivity index (χ1v) is 8.02. The molecule has 5 nitrogen and oxygen atoms in total. The van der Waals surface area contributed by atoms with Crippen molar-refractivity contribution in [1.82, 2.24) is 4.98 Å². The van der Waals surface area contributed by atoms with Gasteiger partial charge in [-0.1, -0.05) is 32.0 Å². The lowest BCUT2D eigenvalue weighted by molar-refractivity contribution is -0.121. The van der Waals surface area contributed by atoms with Crippen LogP contribution < -0.4 is 10.6 Å². The Morgan fingerprint density at radius 1 is 1.14 bits per heavy atom. The molecule has 0 atom stereocenters. The van der Waals surface area contributed by atoms with Gasteiger partial charge in [0.25, 0.3) is 0 Å². The Hall–Kier alpha value is -2.21. The molecule has 0 bridgehead atoms. The largest absolute Gasteiger partial charge is 0.326 e. The molecule has 1 aromatic carbocycles. The summed E-state index contributed by atoms with van der Waals surface area (Å²) in [6, 6.07) is 7.71. The van der Waals surface area contributed by atoms with E-state index in [0.717, 1.165) is 11.3 Å². The summed E-state index contributed by atoms with van der Waals surface area (Å²) in [4.78, 5) is 27.7. The lowest BCUT2D eigenvalue weighted by Crippen LogP contribution is -2.18. The lowest BCUT2D eigenvalue weighted by atomic mass is 10.0. The standard InChI is InChI=1S/C16H19N3O2S/c1-11(2)12-5-3-4-6-13(12)18-14(20)7-8-15(21)19-16-17-9-10-22-16/h3-6,9-11H,7-8H2,1-2H3,(H,18,20)(H,17,19,21). The fourth-order valence-electron chi connectivity index (χ4n) is 2.02. The smallest absolute Gasteiger partial charge is 0.226 e. The normalized spacial score (nSPS) is 10.5. The number of anilines is 2. The Kier molecular flexibility index (Phi) is 5.66. The molecule has 116 valence electrons. The highest BCUT2D eigenvalue weighted by atomic mass is 32.1. The van der Waals surface area contributed by atoms with Gasteiger partial charge < -0.3 is 10.6 Å². The number of hydrogen-bond donors (Lipinski definition) is 2. The van der Waals surface area contributed by atoms with Gasteiger partial charge in [-0.05, 0) is 17.5 Å². The van der Waals surface area contributed by atoms with Crippen LogP contribution >= 0.6 is 11.3 Å². The van der Waals surface area contributed by atoms with E-state index in [1.165, 1.54) is 11.3 Å². The lowest BCUT2D eigenvalue weighted by Gasteiger charge is -2.13. The Morgan fingerprint density at radius 3 is 2.45 bits per heavy atom. The van der Waals surface area contributed by atoms with Crippen LogP contribution in [-0.2, 0) is 9.59 Å². The van der Waals surface area contributed by atoms with E-state index >= 15 is 0 Å². The number of thiazole rings is 1. The molecule has 0 saturated heterocycles. The van der Waals surface area contributed by atoms with Crippen LogP contribution in [0.15, 0.2) is 35.8 Å². The molecular formula is C16H19N3O2S. The maximum Gasteiger partial charge on any atom is 0.226 e. The second kappa shape index (κ2) is 7.70. The topological polar surface area (TPSA) is 71.1 Å². The first kappa shape index (κ1) is 16.2. The number of carbonyl (C=O) groups excluding carboxylic acids is 2. The Labute approximate surface area is 133 Å². The second-order valence-electron chi connectivity index (χ2n) is 5.18. The summed E-state index contributed by atoms with van der Waals surface area (Å²) < 4.78 is 0. The summed E-state index contributed by atoms with van der Waals surface area (Å²) in [5.74, 6) is -0.0469. The van der Waals surface area contributed by atoms with Crippen LogP contribution in [0.1, 0.15) is 38.2 Å². The average molecular weight is 317 g/mol. The number of hydrogen-bond acceptors (Lipinski definition) is 4. The molecule has 0 radical (unpaired) electrons. The van der Waals surface area contributed by atoms with Crippen LogP contribution in [0.4, 0.5) is 10.8 Å². The summed E-state index contributed by atoms with van der Waals surface area (Å²) >= 11 is 1.35. The highest BCUT2D eigenvalue weighted by Crippen LogP contribution is 2.23. The van der Waals surface area contributed by atoms with Gasteiger partial charge >= 0.3 is 0 Å². The molecule has 0 spiro atoms. The van der Waals surface area contributed by atoms with Gasteiger partial charge in [-0.3, -0.25) is 9.59 Å². The van der Waals surface area contributed by atoms with Crippen molar-refractivity contribution < 1.29 is 9.59 Å². The van der Waals surface area contributed by atoms with Crippen molar-refractivity contribution in [1.29, 1.82) is 0 Å². The van der Waals surface area contributed by atoms with Crippen molar-refractivity contribution in [2.75, 3.05) is 10.6 Å². The molecular weight excluding hydrogens is 298 g/mol. The van der Waals surface area contributed by atoms with E-state index in [1.807, 2.05) is 24.3 Å². The SMILES string of the molecule is CC(C)c1ccccc1NC(=O)CCC(=O)Nc1nccs1. The number of para-hydroxylation sites is 1. The Bertz CT molecular complexity index is 639.